The van der Waals surface area contributed by atoms with Gasteiger partial charge in [-0.2, -0.15) is 0 Å². The Kier molecular flexibility index (Phi) is 12.1. The Bertz CT molecular complexity index is 1370. The van der Waals surface area contributed by atoms with Gasteiger partial charge in [0.2, 0.25) is 0 Å². The molecule has 4 aliphatic carbocycles. The van der Waals surface area contributed by atoms with Gasteiger partial charge in [0.05, 0.1) is 14.0 Å². The van der Waals surface area contributed by atoms with E-state index in [9.17, 15) is 19.5 Å². The molecule has 0 aromatic heterocycles. The molecule has 8 heteroatoms. The van der Waals surface area contributed by atoms with E-state index in [2.05, 4.69) is 59.6 Å². The van der Waals surface area contributed by atoms with Gasteiger partial charge in [0.15, 0.2) is 11.6 Å². The van der Waals surface area contributed by atoms with E-state index in [0.29, 0.717) is 18.6 Å². The van der Waals surface area contributed by atoms with E-state index >= 15 is 0 Å². The van der Waals surface area contributed by atoms with Gasteiger partial charge >= 0.3 is 0 Å². The van der Waals surface area contributed by atoms with Crippen molar-refractivity contribution < 1.29 is 24.2 Å². The van der Waals surface area contributed by atoms with Crippen molar-refractivity contribution in [2.24, 2.45) is 34.5 Å². The maximum Gasteiger partial charge on any atom is 0.169 e. The molecule has 7 rings (SSSR count). The standard InChI is InChI=1S/C16H19BrO2.C16H17BrO2.C4H8O.CH3B/c2*1-9-6-16(7-10(2)14(9)18)8-11-3-4-12(17)5-13(11)15(16)19;1-2-4-5-3-1;1-2/h3-5,9-10,14,18H,6-8H2,1-2H3;3-5,9-10H,6-8H2,1-2H3;1-4H2;1H3/t9-,10+,14?,16?;9-,10+,16?;;. The highest BCUT2D eigenvalue weighted by Crippen LogP contribution is 2.51. The van der Waals surface area contributed by atoms with Gasteiger partial charge < -0.3 is 9.84 Å². The second kappa shape index (κ2) is 15.1. The van der Waals surface area contributed by atoms with E-state index in [-0.39, 0.29) is 52.2 Å². The summed E-state index contributed by atoms with van der Waals surface area (Å²) in [4.78, 5) is 37.6. The smallest absolute Gasteiger partial charge is 0.169 e. The summed E-state index contributed by atoms with van der Waals surface area (Å²) >= 11 is 6.88. The van der Waals surface area contributed by atoms with Gasteiger partial charge in [0.1, 0.15) is 5.78 Å². The molecule has 0 bridgehead atoms. The number of ketones is 3. The van der Waals surface area contributed by atoms with Crippen molar-refractivity contribution in [3.8, 4) is 0 Å². The zero-order valence-electron chi connectivity index (χ0n) is 27.3. The van der Waals surface area contributed by atoms with Crippen LogP contribution in [0.5, 0.6) is 0 Å². The number of benzene rings is 2. The summed E-state index contributed by atoms with van der Waals surface area (Å²) in [6.45, 7) is 11.6. The van der Waals surface area contributed by atoms with E-state index in [1.807, 2.05) is 44.2 Å². The number of aliphatic hydroxyl groups excluding tert-OH is 1. The molecule has 3 fully saturated rings. The molecule has 45 heavy (non-hydrogen) atoms. The third kappa shape index (κ3) is 7.60. The lowest BCUT2D eigenvalue weighted by Crippen LogP contribution is -2.44. The Morgan fingerprint density at radius 3 is 1.49 bits per heavy atom. The summed E-state index contributed by atoms with van der Waals surface area (Å²) in [6, 6.07) is 12.0. The number of ether oxygens (including phenoxy) is 1. The van der Waals surface area contributed by atoms with E-state index in [4.69, 9.17) is 4.74 Å². The third-order valence-electron chi connectivity index (χ3n) is 10.4. The summed E-state index contributed by atoms with van der Waals surface area (Å²) < 4.78 is 6.86. The monoisotopic (exact) mass is 740 g/mol. The van der Waals surface area contributed by atoms with Gasteiger partial charge in [-0.25, -0.2) is 0 Å². The number of carbonyl (C=O) groups is 3. The largest absolute Gasteiger partial charge is 0.393 e. The fraction of sp³-hybridized carbons (Fsp3) is 0.595. The van der Waals surface area contributed by atoms with Crippen molar-refractivity contribution in [2.75, 3.05) is 13.2 Å². The molecule has 1 heterocycles. The first-order valence-electron chi connectivity index (χ1n) is 16.4. The molecule has 1 saturated heterocycles. The van der Waals surface area contributed by atoms with Crippen LogP contribution in [-0.2, 0) is 22.4 Å². The van der Waals surface area contributed by atoms with Crippen LogP contribution in [0, 0.1) is 34.5 Å². The molecule has 242 valence electrons. The lowest BCUT2D eigenvalue weighted by Gasteiger charge is -2.42. The maximum absolute atomic E-state index is 12.8. The molecule has 2 radical (unpaired) electrons. The average molecular weight is 742 g/mol. The zero-order valence-corrected chi connectivity index (χ0v) is 30.5. The van der Waals surface area contributed by atoms with Crippen molar-refractivity contribution in [2.45, 2.75) is 92.0 Å². The third-order valence-corrected chi connectivity index (χ3v) is 11.4. The number of halogens is 2. The van der Waals surface area contributed by atoms with Gasteiger partial charge in [0.25, 0.3) is 0 Å². The fourth-order valence-corrected chi connectivity index (χ4v) is 9.24. The van der Waals surface area contributed by atoms with Gasteiger partial charge in [-0.15, -0.1) is 0 Å². The Balaban J connectivity index is 0.000000169. The lowest BCUT2D eigenvalue weighted by molar-refractivity contribution is -0.130. The Morgan fingerprint density at radius 1 is 0.711 bits per heavy atom. The molecule has 2 aromatic carbocycles. The molecular formula is C37H47BBr2O5. The molecule has 5 aliphatic rings. The zero-order chi connectivity index (χ0) is 33.1. The normalized spacial score (nSPS) is 33.0. The molecule has 2 saturated carbocycles. The van der Waals surface area contributed by atoms with Crippen molar-refractivity contribution in [1.29, 1.82) is 0 Å². The maximum atomic E-state index is 12.8. The van der Waals surface area contributed by atoms with Crippen LogP contribution in [0.4, 0.5) is 0 Å². The average Bonchev–Trinajstić information content (AvgIpc) is 3.74. The molecule has 0 amide bonds. The van der Waals surface area contributed by atoms with Crippen LogP contribution in [0.2, 0.25) is 6.82 Å². The Labute approximate surface area is 287 Å². The van der Waals surface area contributed by atoms with Crippen LogP contribution in [0.25, 0.3) is 0 Å². The minimum atomic E-state index is -0.324. The molecule has 2 aromatic rings. The summed E-state index contributed by atoms with van der Waals surface area (Å²) in [7, 11) is 4.50. The second-order valence-electron chi connectivity index (χ2n) is 14.0. The molecule has 1 aliphatic heterocycles. The van der Waals surface area contributed by atoms with Crippen molar-refractivity contribution in [3.05, 3.63) is 67.6 Å². The van der Waals surface area contributed by atoms with Crippen molar-refractivity contribution in [3.63, 3.8) is 0 Å². The molecular weight excluding hydrogens is 695 g/mol. The first-order valence-corrected chi connectivity index (χ1v) is 18.0. The molecule has 3 unspecified atom stereocenters. The second-order valence-corrected chi connectivity index (χ2v) is 15.8. The van der Waals surface area contributed by atoms with Gasteiger partial charge in [0, 0.05) is 56.0 Å². The number of carbonyl (C=O) groups excluding carboxylic acids is 3. The topological polar surface area (TPSA) is 80.7 Å². The van der Waals surface area contributed by atoms with Crippen LogP contribution in [0.15, 0.2) is 45.3 Å². The summed E-state index contributed by atoms with van der Waals surface area (Å²) in [6.07, 6.45) is 6.97. The van der Waals surface area contributed by atoms with Crippen molar-refractivity contribution in [1.82, 2.24) is 0 Å². The predicted molar refractivity (Wildman–Crippen MR) is 187 cm³/mol. The molecule has 7 atom stereocenters. The predicted octanol–water partition coefficient (Wildman–Crippen LogP) is 8.41. The SMILES string of the molecule is C1CCOC1.C[C@@H]1CC2(Cc3ccc(Br)cc3C2=O)C[C@H](C)C1=O.C[C@@H]1CC2(Cc3ccc(Br)cc3C2=O)C[C@H](C)C1O.[B]C. The Hall–Kier alpha value is -1.61. The van der Waals surface area contributed by atoms with Crippen LogP contribution in [0.1, 0.15) is 98.1 Å². The molecule has 1 N–H and O–H groups in total. The minimum absolute atomic E-state index is 0.00505. The highest BCUT2D eigenvalue weighted by Gasteiger charge is 2.52. The molecule has 5 nitrogen and oxygen atoms in total. The van der Waals surface area contributed by atoms with Crippen molar-refractivity contribution >= 4 is 57.1 Å². The van der Waals surface area contributed by atoms with Gasteiger partial charge in [-0.3, -0.25) is 14.4 Å². The molecule has 2 spiro atoms. The van der Waals surface area contributed by atoms with Gasteiger partial charge in [-0.05, 0) is 98.6 Å². The summed E-state index contributed by atoms with van der Waals surface area (Å²) in [5, 5.41) is 10.1. The summed E-state index contributed by atoms with van der Waals surface area (Å²) in [5.74, 6) is 1.26. The van der Waals surface area contributed by atoms with E-state index in [0.717, 1.165) is 64.5 Å². The number of Topliss-reactive ketones (excluding diaryl/α,β-unsaturated/α-hetero) is 3. The Morgan fingerprint density at radius 2 is 1.11 bits per heavy atom. The van der Waals surface area contributed by atoms with Gasteiger partial charge in [-0.1, -0.05) is 78.5 Å². The highest BCUT2D eigenvalue weighted by molar-refractivity contribution is 9.10. The number of rotatable bonds is 0. The number of hydrogen-bond acceptors (Lipinski definition) is 5. The number of aliphatic hydroxyl groups is 1. The van der Waals surface area contributed by atoms with Crippen LogP contribution >= 0.6 is 31.9 Å². The van der Waals surface area contributed by atoms with E-state index < -0.39 is 0 Å². The number of fused-ring (bicyclic) bond motifs is 2. The van der Waals surface area contributed by atoms with Crippen LogP contribution in [0.3, 0.4) is 0 Å². The summed E-state index contributed by atoms with van der Waals surface area (Å²) in [5.41, 5.74) is 3.45. The van der Waals surface area contributed by atoms with Crippen LogP contribution < -0.4 is 0 Å². The highest BCUT2D eigenvalue weighted by atomic mass is 79.9. The number of hydrogen-bond donors (Lipinski definition) is 1. The first kappa shape index (κ1) is 36.2. The fourth-order valence-electron chi connectivity index (χ4n) is 8.52. The van der Waals surface area contributed by atoms with E-state index in [1.165, 1.54) is 25.2 Å². The quantitative estimate of drug-likeness (QED) is 0.275. The lowest BCUT2D eigenvalue weighted by atomic mass is 9.63. The minimum Gasteiger partial charge on any atom is -0.393 e. The van der Waals surface area contributed by atoms with E-state index in [1.54, 1.807) is 0 Å². The first-order chi connectivity index (χ1) is 21.4. The van der Waals surface area contributed by atoms with Crippen LogP contribution in [-0.4, -0.2) is 49.6 Å².